The Morgan fingerprint density at radius 3 is 1.86 bits per heavy atom. The SMILES string of the molecule is NC(=O)[C@H](CCCN=C(N)N)N(Cc1ccc(Br)cc1)C(=O)C(c1ccccc1)c1ccccc1. The van der Waals surface area contributed by atoms with E-state index < -0.39 is 17.9 Å². The average molecular weight is 536 g/mol. The third-order valence-electron chi connectivity index (χ3n) is 5.70. The molecule has 3 aromatic carbocycles. The first-order valence-corrected chi connectivity index (χ1v) is 12.2. The molecule has 0 aliphatic carbocycles. The van der Waals surface area contributed by atoms with Gasteiger partial charge in [0.15, 0.2) is 5.96 Å². The van der Waals surface area contributed by atoms with Crippen molar-refractivity contribution in [2.24, 2.45) is 22.2 Å². The van der Waals surface area contributed by atoms with E-state index in [0.717, 1.165) is 21.2 Å². The minimum atomic E-state index is -0.824. The van der Waals surface area contributed by atoms with Crippen LogP contribution in [0.3, 0.4) is 0 Å². The number of nitrogens with two attached hydrogens (primary N) is 3. The van der Waals surface area contributed by atoms with Crippen LogP contribution in [-0.4, -0.2) is 35.3 Å². The van der Waals surface area contributed by atoms with Gasteiger partial charge in [-0.1, -0.05) is 88.7 Å². The second-order valence-corrected chi connectivity index (χ2v) is 9.13. The van der Waals surface area contributed by atoms with Crippen LogP contribution in [0.5, 0.6) is 0 Å². The maximum Gasteiger partial charge on any atom is 0.240 e. The molecule has 7 nitrogen and oxygen atoms in total. The van der Waals surface area contributed by atoms with Crippen molar-refractivity contribution in [3.05, 3.63) is 106 Å². The summed E-state index contributed by atoms with van der Waals surface area (Å²) >= 11 is 3.44. The number of carbonyl (C=O) groups excluding carboxylic acids is 2. The number of hydrogen-bond acceptors (Lipinski definition) is 3. The predicted molar refractivity (Wildman–Crippen MR) is 142 cm³/mol. The van der Waals surface area contributed by atoms with Crippen molar-refractivity contribution in [3.63, 3.8) is 0 Å². The summed E-state index contributed by atoms with van der Waals surface area (Å²) < 4.78 is 0.925. The molecule has 1 atom stereocenters. The normalized spacial score (nSPS) is 11.6. The van der Waals surface area contributed by atoms with Gasteiger partial charge >= 0.3 is 0 Å². The molecular formula is C27H30BrN5O2. The van der Waals surface area contributed by atoms with Gasteiger partial charge in [-0.2, -0.15) is 0 Å². The summed E-state index contributed by atoms with van der Waals surface area (Å²) in [7, 11) is 0. The topological polar surface area (TPSA) is 128 Å². The summed E-state index contributed by atoms with van der Waals surface area (Å²) in [6.07, 6.45) is 0.835. The van der Waals surface area contributed by atoms with Gasteiger partial charge in [0.25, 0.3) is 0 Å². The highest BCUT2D eigenvalue weighted by Crippen LogP contribution is 2.29. The van der Waals surface area contributed by atoms with Gasteiger partial charge in [0.1, 0.15) is 6.04 Å². The molecule has 0 saturated heterocycles. The molecule has 182 valence electrons. The minimum absolute atomic E-state index is 0.0170. The summed E-state index contributed by atoms with van der Waals surface area (Å²) in [4.78, 5) is 32.5. The number of halogens is 1. The van der Waals surface area contributed by atoms with Crippen LogP contribution < -0.4 is 17.2 Å². The molecule has 0 heterocycles. The van der Waals surface area contributed by atoms with E-state index in [1.54, 1.807) is 4.90 Å². The molecule has 0 aliphatic heterocycles. The van der Waals surface area contributed by atoms with Crippen LogP contribution in [-0.2, 0) is 16.1 Å². The zero-order chi connectivity index (χ0) is 25.2. The molecule has 6 N–H and O–H groups in total. The van der Waals surface area contributed by atoms with Crippen LogP contribution in [0.4, 0.5) is 0 Å². The lowest BCUT2D eigenvalue weighted by Gasteiger charge is -2.33. The van der Waals surface area contributed by atoms with E-state index in [-0.39, 0.29) is 18.4 Å². The van der Waals surface area contributed by atoms with Gasteiger partial charge in [0.05, 0.1) is 5.92 Å². The number of amides is 2. The second-order valence-electron chi connectivity index (χ2n) is 8.21. The molecule has 0 aliphatic rings. The number of guanidine groups is 1. The Morgan fingerprint density at radius 2 is 1.37 bits per heavy atom. The summed E-state index contributed by atoms with van der Waals surface area (Å²) in [5.74, 6) is -1.37. The number of aliphatic imine (C=N–C) groups is 1. The Kier molecular flexibility index (Phi) is 9.43. The van der Waals surface area contributed by atoms with Crippen molar-refractivity contribution in [2.45, 2.75) is 31.3 Å². The lowest BCUT2D eigenvalue weighted by Crippen LogP contribution is -2.49. The van der Waals surface area contributed by atoms with Crippen molar-refractivity contribution in [2.75, 3.05) is 6.54 Å². The standard InChI is InChI=1S/C27H30BrN5O2/c28-22-15-13-19(14-16-22)18-33(23(25(29)34)12-7-17-32-27(30)31)26(35)24(20-8-3-1-4-9-20)21-10-5-2-6-11-21/h1-6,8-11,13-16,23-24H,7,12,17-18H2,(H2,29,34)(H4,30,31,32)/t23-/m0/s1. The Hall–Kier alpha value is -3.65. The maximum absolute atomic E-state index is 14.2. The van der Waals surface area contributed by atoms with Crippen molar-refractivity contribution in [1.29, 1.82) is 0 Å². The van der Waals surface area contributed by atoms with Gasteiger partial charge in [-0.05, 0) is 41.7 Å². The van der Waals surface area contributed by atoms with Gasteiger partial charge in [-0.25, -0.2) is 0 Å². The van der Waals surface area contributed by atoms with Crippen LogP contribution in [0, 0.1) is 0 Å². The molecule has 0 saturated carbocycles. The van der Waals surface area contributed by atoms with E-state index in [1.807, 2.05) is 84.9 Å². The largest absolute Gasteiger partial charge is 0.370 e. The lowest BCUT2D eigenvalue weighted by atomic mass is 9.89. The van der Waals surface area contributed by atoms with Gasteiger partial charge in [-0.15, -0.1) is 0 Å². The van der Waals surface area contributed by atoms with E-state index in [1.165, 1.54) is 0 Å². The van der Waals surface area contributed by atoms with Crippen LogP contribution >= 0.6 is 15.9 Å². The van der Waals surface area contributed by atoms with E-state index in [4.69, 9.17) is 17.2 Å². The first-order valence-electron chi connectivity index (χ1n) is 11.4. The van der Waals surface area contributed by atoms with Gasteiger partial charge in [-0.3, -0.25) is 14.6 Å². The first-order chi connectivity index (χ1) is 16.9. The van der Waals surface area contributed by atoms with Gasteiger partial charge in [0.2, 0.25) is 11.8 Å². The molecule has 35 heavy (non-hydrogen) atoms. The molecule has 0 fully saturated rings. The van der Waals surface area contributed by atoms with Crippen molar-refractivity contribution in [1.82, 2.24) is 4.90 Å². The number of carbonyl (C=O) groups is 2. The fourth-order valence-corrected chi connectivity index (χ4v) is 4.27. The smallest absolute Gasteiger partial charge is 0.240 e. The van der Waals surface area contributed by atoms with E-state index >= 15 is 0 Å². The number of benzene rings is 3. The summed E-state index contributed by atoms with van der Waals surface area (Å²) in [5, 5.41) is 0. The molecule has 0 radical (unpaired) electrons. The van der Waals surface area contributed by atoms with Crippen LogP contribution in [0.15, 0.2) is 94.4 Å². The predicted octanol–water partition coefficient (Wildman–Crippen LogP) is 3.52. The maximum atomic E-state index is 14.2. The molecule has 0 spiro atoms. The monoisotopic (exact) mass is 535 g/mol. The van der Waals surface area contributed by atoms with Crippen LogP contribution in [0.1, 0.15) is 35.4 Å². The van der Waals surface area contributed by atoms with Crippen molar-refractivity contribution >= 4 is 33.7 Å². The first kappa shape index (κ1) is 26.0. The average Bonchev–Trinajstić information content (AvgIpc) is 2.85. The van der Waals surface area contributed by atoms with Crippen molar-refractivity contribution < 1.29 is 9.59 Å². The molecular weight excluding hydrogens is 506 g/mol. The number of rotatable bonds is 11. The Labute approximate surface area is 214 Å². The fraction of sp³-hybridized carbons (Fsp3) is 0.222. The molecule has 0 unspecified atom stereocenters. The molecule has 3 rings (SSSR count). The third-order valence-corrected chi connectivity index (χ3v) is 6.23. The lowest BCUT2D eigenvalue weighted by molar-refractivity contribution is -0.141. The number of primary amides is 1. The zero-order valence-corrected chi connectivity index (χ0v) is 21.0. The number of nitrogens with zero attached hydrogens (tertiary/aromatic N) is 2. The highest BCUT2D eigenvalue weighted by molar-refractivity contribution is 9.10. The fourth-order valence-electron chi connectivity index (χ4n) is 4.01. The third kappa shape index (κ3) is 7.42. The summed E-state index contributed by atoms with van der Waals surface area (Å²) in [6.45, 7) is 0.575. The molecule has 2 amide bonds. The zero-order valence-electron chi connectivity index (χ0n) is 19.4. The Bertz CT molecular complexity index is 1090. The Balaban J connectivity index is 2.02. The minimum Gasteiger partial charge on any atom is -0.370 e. The molecule has 8 heteroatoms. The van der Waals surface area contributed by atoms with E-state index in [2.05, 4.69) is 20.9 Å². The van der Waals surface area contributed by atoms with Crippen LogP contribution in [0.25, 0.3) is 0 Å². The summed E-state index contributed by atoms with van der Waals surface area (Å²) in [6, 6.07) is 25.9. The molecule has 0 bridgehead atoms. The number of hydrogen-bond donors (Lipinski definition) is 3. The van der Waals surface area contributed by atoms with Gasteiger partial charge < -0.3 is 22.1 Å². The highest BCUT2D eigenvalue weighted by atomic mass is 79.9. The van der Waals surface area contributed by atoms with Crippen LogP contribution in [0.2, 0.25) is 0 Å². The highest BCUT2D eigenvalue weighted by Gasteiger charge is 2.34. The Morgan fingerprint density at radius 1 is 0.829 bits per heavy atom. The van der Waals surface area contributed by atoms with Crippen molar-refractivity contribution in [3.8, 4) is 0 Å². The quantitative estimate of drug-likeness (QED) is 0.197. The van der Waals surface area contributed by atoms with Gasteiger partial charge in [0, 0.05) is 17.6 Å². The molecule has 0 aromatic heterocycles. The second kappa shape index (κ2) is 12.7. The van der Waals surface area contributed by atoms with E-state index in [9.17, 15) is 9.59 Å². The summed E-state index contributed by atoms with van der Waals surface area (Å²) in [5.41, 5.74) is 19.3. The van der Waals surface area contributed by atoms with E-state index in [0.29, 0.717) is 19.4 Å². The molecule has 3 aromatic rings.